The summed E-state index contributed by atoms with van der Waals surface area (Å²) in [5, 5.41) is 4.85. The molecule has 1 N–H and O–H groups in total. The third-order valence-corrected chi connectivity index (χ3v) is 5.92. The van der Waals surface area contributed by atoms with Gasteiger partial charge in [0.25, 0.3) is 5.91 Å². The second-order valence-electron chi connectivity index (χ2n) is 7.15. The molecule has 3 aromatic carbocycles. The zero-order chi connectivity index (χ0) is 23.0. The van der Waals surface area contributed by atoms with E-state index in [1.54, 1.807) is 32.6 Å². The van der Waals surface area contributed by atoms with E-state index in [4.69, 9.17) is 14.5 Å². The van der Waals surface area contributed by atoms with Gasteiger partial charge in [0.1, 0.15) is 0 Å². The summed E-state index contributed by atoms with van der Waals surface area (Å²) in [5.41, 5.74) is 6.47. The molecule has 8 heteroatoms. The molecule has 0 saturated carbocycles. The highest BCUT2D eigenvalue weighted by Crippen LogP contribution is 2.27. The highest BCUT2D eigenvalue weighted by molar-refractivity contribution is 7.99. The molecular weight excluding hydrogens is 436 g/mol. The van der Waals surface area contributed by atoms with E-state index in [2.05, 4.69) is 27.2 Å². The van der Waals surface area contributed by atoms with Crippen molar-refractivity contribution >= 4 is 34.9 Å². The molecule has 168 valence electrons. The molecule has 0 unspecified atom stereocenters. The molecule has 0 aliphatic heterocycles. The minimum absolute atomic E-state index is 0.196. The second kappa shape index (κ2) is 10.7. The smallest absolute Gasteiger partial charge is 0.250 e. The number of carbonyl (C=O) groups is 1. The average molecular weight is 461 g/mol. The maximum atomic E-state index is 12.4. The van der Waals surface area contributed by atoms with E-state index in [9.17, 15) is 4.79 Å². The number of ether oxygens (including phenoxy) is 2. The van der Waals surface area contributed by atoms with E-state index in [1.807, 2.05) is 48.5 Å². The predicted molar refractivity (Wildman–Crippen MR) is 131 cm³/mol. The maximum Gasteiger partial charge on any atom is 0.250 e. The zero-order valence-corrected chi connectivity index (χ0v) is 19.2. The Morgan fingerprint density at radius 2 is 1.79 bits per heavy atom. The largest absolute Gasteiger partial charge is 0.493 e. The lowest BCUT2D eigenvalue weighted by atomic mass is 10.2. The van der Waals surface area contributed by atoms with Gasteiger partial charge in [0.05, 0.1) is 43.8 Å². The molecule has 0 aliphatic carbocycles. The Kier molecular flexibility index (Phi) is 7.26. The molecular formula is C25H24N4O3S. The SMILES string of the molecule is COc1ccc(C=NNC(=O)CSc2nc3ccccc3n2Cc2ccccc2)cc1OC. The van der Waals surface area contributed by atoms with Gasteiger partial charge in [-0.1, -0.05) is 54.2 Å². The number of thioether (sulfide) groups is 1. The number of fused-ring (bicyclic) bond motifs is 1. The Bertz CT molecular complexity index is 1270. The summed E-state index contributed by atoms with van der Waals surface area (Å²) in [6.45, 7) is 0.683. The van der Waals surface area contributed by atoms with Gasteiger partial charge in [-0.2, -0.15) is 5.10 Å². The highest BCUT2D eigenvalue weighted by Gasteiger charge is 2.13. The van der Waals surface area contributed by atoms with Crippen LogP contribution in [0.1, 0.15) is 11.1 Å². The molecule has 33 heavy (non-hydrogen) atoms. The molecule has 1 heterocycles. The van der Waals surface area contributed by atoms with Crippen LogP contribution in [-0.4, -0.2) is 41.6 Å². The molecule has 7 nitrogen and oxygen atoms in total. The fourth-order valence-electron chi connectivity index (χ4n) is 3.36. The van der Waals surface area contributed by atoms with Gasteiger partial charge in [-0.15, -0.1) is 0 Å². The Morgan fingerprint density at radius 3 is 2.58 bits per heavy atom. The van der Waals surface area contributed by atoms with Gasteiger partial charge >= 0.3 is 0 Å². The summed E-state index contributed by atoms with van der Waals surface area (Å²) in [5.74, 6) is 1.21. The fraction of sp³-hybridized carbons (Fsp3) is 0.160. The Hall–Kier alpha value is -3.78. The summed E-state index contributed by atoms with van der Waals surface area (Å²) < 4.78 is 12.6. The number of imidazole rings is 1. The van der Waals surface area contributed by atoms with Crippen LogP contribution in [-0.2, 0) is 11.3 Å². The lowest BCUT2D eigenvalue weighted by Crippen LogP contribution is -2.20. The normalized spacial score (nSPS) is 11.1. The predicted octanol–water partition coefficient (Wildman–Crippen LogP) is 4.34. The minimum atomic E-state index is -0.213. The van der Waals surface area contributed by atoms with Crippen LogP contribution in [0.15, 0.2) is 83.1 Å². The molecule has 0 spiro atoms. The number of benzene rings is 3. The molecule has 1 aromatic heterocycles. The molecule has 0 aliphatic rings. The van der Waals surface area contributed by atoms with Gasteiger partial charge in [-0.3, -0.25) is 4.79 Å². The second-order valence-corrected chi connectivity index (χ2v) is 8.09. The van der Waals surface area contributed by atoms with Crippen LogP contribution in [0, 0.1) is 0 Å². The van der Waals surface area contributed by atoms with E-state index in [1.165, 1.54) is 17.3 Å². The summed E-state index contributed by atoms with van der Waals surface area (Å²) >= 11 is 1.39. The van der Waals surface area contributed by atoms with Crippen molar-refractivity contribution in [2.45, 2.75) is 11.7 Å². The maximum absolute atomic E-state index is 12.4. The van der Waals surface area contributed by atoms with Crippen molar-refractivity contribution in [3.8, 4) is 11.5 Å². The first-order chi connectivity index (χ1) is 16.2. The van der Waals surface area contributed by atoms with Crippen LogP contribution in [0.2, 0.25) is 0 Å². The van der Waals surface area contributed by atoms with Gasteiger partial charge in [0.15, 0.2) is 16.7 Å². The van der Waals surface area contributed by atoms with Crippen molar-refractivity contribution < 1.29 is 14.3 Å². The Labute approximate surface area is 196 Å². The molecule has 0 fully saturated rings. The Balaban J connectivity index is 1.41. The van der Waals surface area contributed by atoms with Gasteiger partial charge in [0, 0.05) is 0 Å². The number of aromatic nitrogens is 2. The number of amides is 1. The van der Waals surface area contributed by atoms with Crippen LogP contribution < -0.4 is 14.9 Å². The third kappa shape index (κ3) is 5.53. The monoisotopic (exact) mass is 460 g/mol. The van der Waals surface area contributed by atoms with Crippen LogP contribution in [0.5, 0.6) is 11.5 Å². The Morgan fingerprint density at radius 1 is 1.03 bits per heavy atom. The molecule has 0 saturated heterocycles. The molecule has 4 aromatic rings. The van der Waals surface area contributed by atoms with Gasteiger partial charge in [-0.05, 0) is 41.5 Å². The van der Waals surface area contributed by atoms with E-state index in [-0.39, 0.29) is 11.7 Å². The molecule has 1 amide bonds. The van der Waals surface area contributed by atoms with Crippen molar-refractivity contribution in [1.82, 2.24) is 15.0 Å². The van der Waals surface area contributed by atoms with Crippen LogP contribution in [0.25, 0.3) is 11.0 Å². The first-order valence-corrected chi connectivity index (χ1v) is 11.3. The zero-order valence-electron chi connectivity index (χ0n) is 18.4. The van der Waals surface area contributed by atoms with E-state index < -0.39 is 0 Å². The number of carbonyl (C=O) groups excluding carboxylic acids is 1. The van der Waals surface area contributed by atoms with Crippen molar-refractivity contribution in [3.63, 3.8) is 0 Å². The number of hydrogen-bond acceptors (Lipinski definition) is 6. The van der Waals surface area contributed by atoms with Crippen LogP contribution >= 0.6 is 11.8 Å². The number of rotatable bonds is 9. The number of nitrogens with one attached hydrogen (secondary N) is 1. The number of hydrazone groups is 1. The first-order valence-electron chi connectivity index (χ1n) is 10.3. The summed E-state index contributed by atoms with van der Waals surface area (Å²) in [4.78, 5) is 17.1. The lowest BCUT2D eigenvalue weighted by Gasteiger charge is -2.09. The highest BCUT2D eigenvalue weighted by atomic mass is 32.2. The van der Waals surface area contributed by atoms with Crippen molar-refractivity contribution in [3.05, 3.63) is 83.9 Å². The van der Waals surface area contributed by atoms with Crippen molar-refractivity contribution in [2.75, 3.05) is 20.0 Å². The topological polar surface area (TPSA) is 77.7 Å². The average Bonchev–Trinajstić information content (AvgIpc) is 3.20. The summed E-state index contributed by atoms with van der Waals surface area (Å²) in [6.07, 6.45) is 1.56. The molecule has 0 bridgehead atoms. The fourth-order valence-corrected chi connectivity index (χ4v) is 4.16. The quantitative estimate of drug-likeness (QED) is 0.228. The van der Waals surface area contributed by atoms with Crippen LogP contribution in [0.4, 0.5) is 0 Å². The van der Waals surface area contributed by atoms with Gasteiger partial charge in [0.2, 0.25) is 0 Å². The lowest BCUT2D eigenvalue weighted by molar-refractivity contribution is -0.118. The number of nitrogens with zero attached hydrogens (tertiary/aromatic N) is 3. The summed E-state index contributed by atoms with van der Waals surface area (Å²) in [7, 11) is 3.15. The number of hydrogen-bond donors (Lipinski definition) is 1. The number of para-hydroxylation sites is 2. The van der Waals surface area contributed by atoms with Gasteiger partial charge < -0.3 is 14.0 Å². The third-order valence-electron chi connectivity index (χ3n) is 4.95. The molecule has 0 radical (unpaired) electrons. The van der Waals surface area contributed by atoms with Crippen molar-refractivity contribution in [2.24, 2.45) is 5.10 Å². The molecule has 4 rings (SSSR count). The van der Waals surface area contributed by atoms with E-state index in [0.717, 1.165) is 21.8 Å². The van der Waals surface area contributed by atoms with E-state index >= 15 is 0 Å². The summed E-state index contributed by atoms with van der Waals surface area (Å²) in [6, 6.07) is 23.6. The number of methoxy groups -OCH3 is 2. The minimum Gasteiger partial charge on any atom is -0.493 e. The van der Waals surface area contributed by atoms with E-state index in [0.29, 0.717) is 18.0 Å². The first kappa shape index (κ1) is 22.4. The van der Waals surface area contributed by atoms with Crippen LogP contribution in [0.3, 0.4) is 0 Å². The van der Waals surface area contributed by atoms with Gasteiger partial charge in [-0.25, -0.2) is 10.4 Å². The standard InChI is InChI=1S/C25H24N4O3S/c1-31-22-13-12-19(14-23(22)32-2)15-26-28-24(30)17-33-25-27-20-10-6-7-11-21(20)29(25)16-18-8-4-3-5-9-18/h3-15H,16-17H2,1-2H3,(H,28,30). The van der Waals surface area contributed by atoms with Crippen molar-refractivity contribution in [1.29, 1.82) is 0 Å². The molecule has 0 atom stereocenters.